The van der Waals surface area contributed by atoms with Crippen LogP contribution in [0.3, 0.4) is 0 Å². The molecule has 0 radical (unpaired) electrons. The normalized spacial score (nSPS) is 21.8. The van der Waals surface area contributed by atoms with E-state index in [4.69, 9.17) is 0 Å². The third-order valence-electron chi connectivity index (χ3n) is 5.09. The number of hydrogen-bond donors (Lipinski definition) is 0. The molecule has 1 aliphatic rings. The first-order chi connectivity index (χ1) is 12.6. The van der Waals surface area contributed by atoms with Gasteiger partial charge in [0.1, 0.15) is 11.8 Å². The molecule has 138 valence electrons. The van der Waals surface area contributed by atoms with Crippen LogP contribution in [0.25, 0.3) is 0 Å². The van der Waals surface area contributed by atoms with Gasteiger partial charge in [-0.05, 0) is 25.2 Å². The molecule has 2 aromatic rings. The molecule has 0 amide bonds. The monoisotopic (exact) mass is 351 g/mol. The zero-order valence-electron chi connectivity index (χ0n) is 15.8. The number of hydrogen-bond acceptors (Lipinski definition) is 4. The number of carbonyl (C=O) groups is 1. The number of nitrogens with zero attached hydrogens (tertiary/aromatic N) is 3. The maximum absolute atomic E-state index is 12.3. The van der Waals surface area contributed by atoms with Gasteiger partial charge in [-0.15, -0.1) is 0 Å². The van der Waals surface area contributed by atoms with Gasteiger partial charge < -0.3 is 9.69 Å². The van der Waals surface area contributed by atoms with Crippen molar-refractivity contribution in [1.82, 2.24) is 14.7 Å². The summed E-state index contributed by atoms with van der Waals surface area (Å²) in [7, 11) is 4.09. The van der Waals surface area contributed by atoms with Crippen molar-refractivity contribution >= 4 is 6.29 Å². The first-order valence-electron chi connectivity index (χ1n) is 9.28. The molecule has 0 N–H and O–H groups in total. The molecule has 1 heterocycles. The van der Waals surface area contributed by atoms with Crippen LogP contribution >= 0.6 is 0 Å². The number of likely N-dealkylation sites (N-methyl/N-ethyl adjacent to an activating group) is 1. The number of rotatable bonds is 7. The molecule has 4 nitrogen and oxygen atoms in total. The van der Waals surface area contributed by atoms with Crippen LogP contribution in [-0.4, -0.2) is 66.8 Å². The van der Waals surface area contributed by atoms with E-state index in [9.17, 15) is 4.79 Å². The lowest BCUT2D eigenvalue weighted by Crippen LogP contribution is -2.66. The summed E-state index contributed by atoms with van der Waals surface area (Å²) in [4.78, 5) is 19.2. The Kier molecular flexibility index (Phi) is 6.20. The van der Waals surface area contributed by atoms with Crippen LogP contribution in [0.15, 0.2) is 60.7 Å². The molecule has 4 heteroatoms. The zero-order valence-corrected chi connectivity index (χ0v) is 15.8. The van der Waals surface area contributed by atoms with Crippen molar-refractivity contribution in [3.63, 3.8) is 0 Å². The molecule has 26 heavy (non-hydrogen) atoms. The van der Waals surface area contributed by atoms with E-state index in [1.807, 2.05) is 26.2 Å². The fourth-order valence-corrected chi connectivity index (χ4v) is 3.91. The second-order valence-corrected chi connectivity index (χ2v) is 7.56. The van der Waals surface area contributed by atoms with Gasteiger partial charge in [-0.25, -0.2) is 0 Å². The first-order valence-corrected chi connectivity index (χ1v) is 9.28. The Hall–Kier alpha value is -2.01. The molecule has 0 aliphatic carbocycles. The van der Waals surface area contributed by atoms with E-state index in [0.717, 1.165) is 39.3 Å². The van der Waals surface area contributed by atoms with Crippen molar-refractivity contribution in [1.29, 1.82) is 0 Å². The van der Waals surface area contributed by atoms with Gasteiger partial charge in [0.25, 0.3) is 0 Å². The summed E-state index contributed by atoms with van der Waals surface area (Å²) in [5.74, 6) is 0. The average molecular weight is 351 g/mol. The molecule has 1 unspecified atom stereocenters. The van der Waals surface area contributed by atoms with E-state index in [0.29, 0.717) is 0 Å². The standard InChI is InChI=1S/C22H29N3O/c1-23(2)17-22(19-26)18-24(15-20-9-5-3-6-10-20)13-14-25(22)16-21-11-7-4-8-12-21/h3-12,19H,13-18H2,1-2H3. The lowest BCUT2D eigenvalue weighted by atomic mass is 9.93. The van der Waals surface area contributed by atoms with Gasteiger partial charge in [-0.1, -0.05) is 60.7 Å². The predicted octanol–water partition coefficient (Wildman–Crippen LogP) is 2.50. The molecule has 3 rings (SSSR count). The highest BCUT2D eigenvalue weighted by Gasteiger charge is 2.42. The number of aldehydes is 1. The fraction of sp³-hybridized carbons (Fsp3) is 0.409. The average Bonchev–Trinajstić information content (AvgIpc) is 2.65. The summed E-state index contributed by atoms with van der Waals surface area (Å²) < 4.78 is 0. The predicted molar refractivity (Wildman–Crippen MR) is 106 cm³/mol. The lowest BCUT2D eigenvalue weighted by molar-refractivity contribution is -0.125. The van der Waals surface area contributed by atoms with Gasteiger partial charge in [0.15, 0.2) is 0 Å². The van der Waals surface area contributed by atoms with E-state index in [1.54, 1.807) is 0 Å². The summed E-state index contributed by atoms with van der Waals surface area (Å²) in [6, 6.07) is 21.0. The van der Waals surface area contributed by atoms with Gasteiger partial charge in [-0.2, -0.15) is 0 Å². The summed E-state index contributed by atoms with van der Waals surface area (Å²) in [6.45, 7) is 5.07. The highest BCUT2D eigenvalue weighted by Crippen LogP contribution is 2.24. The summed E-state index contributed by atoms with van der Waals surface area (Å²) in [5.41, 5.74) is 2.08. The zero-order chi connectivity index (χ0) is 18.4. The molecule has 1 aliphatic heterocycles. The van der Waals surface area contributed by atoms with Crippen LogP contribution in [0, 0.1) is 0 Å². The van der Waals surface area contributed by atoms with Crippen molar-refractivity contribution in [2.45, 2.75) is 18.6 Å². The minimum Gasteiger partial charge on any atom is -0.307 e. The van der Waals surface area contributed by atoms with Gasteiger partial charge in [-0.3, -0.25) is 9.80 Å². The molecule has 0 aromatic heterocycles. The highest BCUT2D eigenvalue weighted by molar-refractivity contribution is 5.65. The van der Waals surface area contributed by atoms with Crippen molar-refractivity contribution in [2.24, 2.45) is 0 Å². The Morgan fingerprint density at radius 1 is 0.923 bits per heavy atom. The Labute approximate surface area is 157 Å². The third-order valence-corrected chi connectivity index (χ3v) is 5.09. The second kappa shape index (κ2) is 8.58. The maximum Gasteiger partial charge on any atom is 0.142 e. The van der Waals surface area contributed by atoms with Gasteiger partial charge in [0.05, 0.1) is 0 Å². The minimum atomic E-state index is -0.480. The molecular weight excluding hydrogens is 322 g/mol. The van der Waals surface area contributed by atoms with Crippen LogP contribution in [-0.2, 0) is 17.9 Å². The number of piperazine rings is 1. The van der Waals surface area contributed by atoms with Crippen LogP contribution < -0.4 is 0 Å². The van der Waals surface area contributed by atoms with Gasteiger partial charge >= 0.3 is 0 Å². The second-order valence-electron chi connectivity index (χ2n) is 7.56. The summed E-state index contributed by atoms with van der Waals surface area (Å²) >= 11 is 0. The van der Waals surface area contributed by atoms with E-state index in [1.165, 1.54) is 17.4 Å². The van der Waals surface area contributed by atoms with Crippen molar-refractivity contribution in [3.05, 3.63) is 71.8 Å². The van der Waals surface area contributed by atoms with Crippen molar-refractivity contribution in [3.8, 4) is 0 Å². The van der Waals surface area contributed by atoms with Crippen molar-refractivity contribution in [2.75, 3.05) is 40.3 Å². The third kappa shape index (κ3) is 4.58. The largest absolute Gasteiger partial charge is 0.307 e. The van der Waals surface area contributed by atoms with Gasteiger partial charge in [0, 0.05) is 39.3 Å². The van der Waals surface area contributed by atoms with Crippen molar-refractivity contribution < 1.29 is 4.79 Å². The summed E-state index contributed by atoms with van der Waals surface area (Å²) in [6.07, 6.45) is 1.17. The van der Waals surface area contributed by atoms with Crippen LogP contribution in [0.5, 0.6) is 0 Å². The van der Waals surface area contributed by atoms with E-state index in [2.05, 4.69) is 63.2 Å². The van der Waals surface area contributed by atoms with E-state index < -0.39 is 5.54 Å². The summed E-state index contributed by atoms with van der Waals surface area (Å²) in [5, 5.41) is 0. The number of carbonyl (C=O) groups excluding carboxylic acids is 1. The Morgan fingerprint density at radius 3 is 2.04 bits per heavy atom. The fourth-order valence-electron chi connectivity index (χ4n) is 3.91. The molecule has 1 saturated heterocycles. The smallest absolute Gasteiger partial charge is 0.142 e. The molecule has 1 atom stereocenters. The SMILES string of the molecule is CN(C)CC1(C=O)CN(Cc2ccccc2)CCN1Cc1ccccc1. The molecule has 0 saturated carbocycles. The molecule has 0 bridgehead atoms. The van der Waals surface area contributed by atoms with E-state index >= 15 is 0 Å². The topological polar surface area (TPSA) is 26.8 Å². The van der Waals surface area contributed by atoms with E-state index in [-0.39, 0.29) is 0 Å². The Morgan fingerprint density at radius 2 is 1.50 bits per heavy atom. The minimum absolute atomic E-state index is 0.480. The molecule has 1 fully saturated rings. The molecular formula is C22H29N3O. The first kappa shape index (κ1) is 18.8. The Bertz CT molecular complexity index is 689. The maximum atomic E-state index is 12.3. The van der Waals surface area contributed by atoms with Gasteiger partial charge in [0.2, 0.25) is 0 Å². The molecule has 2 aromatic carbocycles. The Balaban J connectivity index is 1.78. The van der Waals surface area contributed by atoms with Crippen LogP contribution in [0.4, 0.5) is 0 Å². The van der Waals surface area contributed by atoms with Crippen LogP contribution in [0.1, 0.15) is 11.1 Å². The quantitative estimate of drug-likeness (QED) is 0.716. The number of benzene rings is 2. The lowest BCUT2D eigenvalue weighted by Gasteiger charge is -2.49. The van der Waals surface area contributed by atoms with Crippen LogP contribution in [0.2, 0.25) is 0 Å². The highest BCUT2D eigenvalue weighted by atomic mass is 16.1. The molecule has 0 spiro atoms.